The lowest BCUT2D eigenvalue weighted by atomic mass is 10.0. The molecule has 0 bridgehead atoms. The van der Waals surface area contributed by atoms with Gasteiger partial charge in [0.05, 0.1) is 0 Å². The molecule has 1 rings (SSSR count). The number of hydrogen-bond donors (Lipinski definition) is 0. The highest BCUT2D eigenvalue weighted by Gasteiger charge is 2.41. The Morgan fingerprint density at radius 2 is 1.23 bits per heavy atom. The van der Waals surface area contributed by atoms with Crippen molar-refractivity contribution in [3.63, 3.8) is 0 Å². The zero-order valence-electron chi connectivity index (χ0n) is 20.6. The van der Waals surface area contributed by atoms with Gasteiger partial charge in [-0.1, -0.05) is 115 Å². The standard InChI is InChI=1S/C27H48O3Si/c1-5-7-8-9-10-11-12-13-14-15-16-17-18-21-25-31(28-3,29-4)30-27-24-20-19-23-26(27)22-6-2/h6,19-20,23-24H,2,5,7-18,21-22,25H2,1,3-4H3. The maximum atomic E-state index is 6.34. The third kappa shape index (κ3) is 12.5. The third-order valence-electron chi connectivity index (χ3n) is 6.06. The van der Waals surface area contributed by atoms with E-state index in [1.807, 2.05) is 24.3 Å². The molecule has 0 radical (unpaired) electrons. The molecule has 4 heteroatoms. The van der Waals surface area contributed by atoms with Crippen LogP contribution in [0.15, 0.2) is 36.9 Å². The quantitative estimate of drug-likeness (QED) is 0.107. The molecule has 0 aliphatic heterocycles. The fourth-order valence-corrected chi connectivity index (χ4v) is 6.11. The average Bonchev–Trinajstić information content (AvgIpc) is 2.80. The normalized spacial score (nSPS) is 11.6. The number of benzene rings is 1. The first-order valence-electron chi connectivity index (χ1n) is 12.7. The van der Waals surface area contributed by atoms with Crippen LogP contribution in [-0.4, -0.2) is 23.0 Å². The molecule has 1 aromatic carbocycles. The van der Waals surface area contributed by atoms with Crippen molar-refractivity contribution in [3.8, 4) is 5.75 Å². The topological polar surface area (TPSA) is 27.7 Å². The van der Waals surface area contributed by atoms with Crippen molar-refractivity contribution < 1.29 is 13.3 Å². The Balaban J connectivity index is 2.18. The largest absolute Gasteiger partial charge is 0.565 e. The highest BCUT2D eigenvalue weighted by molar-refractivity contribution is 6.61. The van der Waals surface area contributed by atoms with Gasteiger partial charge < -0.3 is 13.3 Å². The smallest absolute Gasteiger partial charge is 0.500 e. The highest BCUT2D eigenvalue weighted by Crippen LogP contribution is 2.26. The summed E-state index contributed by atoms with van der Waals surface area (Å²) in [6.45, 7) is 6.13. The van der Waals surface area contributed by atoms with Gasteiger partial charge in [0, 0.05) is 20.3 Å². The molecule has 0 saturated carbocycles. The molecule has 0 amide bonds. The SMILES string of the molecule is C=CCc1ccccc1O[Si](CCCCCCCCCCCCCCCC)(OC)OC. The zero-order valence-corrected chi connectivity index (χ0v) is 21.6. The van der Waals surface area contributed by atoms with Gasteiger partial charge in [-0.3, -0.25) is 0 Å². The number of allylic oxidation sites excluding steroid dienone is 1. The summed E-state index contributed by atoms with van der Waals surface area (Å²) in [7, 11) is 0.754. The zero-order chi connectivity index (χ0) is 22.6. The van der Waals surface area contributed by atoms with Gasteiger partial charge in [0.25, 0.3) is 0 Å². The first-order valence-corrected chi connectivity index (χ1v) is 14.6. The second kappa shape index (κ2) is 18.5. The van der Waals surface area contributed by atoms with E-state index < -0.39 is 8.80 Å². The van der Waals surface area contributed by atoms with E-state index >= 15 is 0 Å². The summed E-state index contributed by atoms with van der Waals surface area (Å²) in [5, 5.41) is 0. The number of hydrogen-bond acceptors (Lipinski definition) is 3. The molecule has 0 fully saturated rings. The van der Waals surface area contributed by atoms with Crippen LogP contribution in [0, 0.1) is 0 Å². The van der Waals surface area contributed by atoms with Crippen molar-refractivity contribution in [2.24, 2.45) is 0 Å². The average molecular weight is 449 g/mol. The van der Waals surface area contributed by atoms with E-state index in [1.165, 1.54) is 83.5 Å². The molecule has 3 nitrogen and oxygen atoms in total. The molecule has 0 aliphatic rings. The second-order valence-electron chi connectivity index (χ2n) is 8.64. The second-order valence-corrected chi connectivity index (χ2v) is 11.5. The Morgan fingerprint density at radius 1 is 0.742 bits per heavy atom. The van der Waals surface area contributed by atoms with Gasteiger partial charge in [0.15, 0.2) is 0 Å². The van der Waals surface area contributed by atoms with Crippen LogP contribution in [0.2, 0.25) is 6.04 Å². The number of rotatable bonds is 21. The van der Waals surface area contributed by atoms with Gasteiger partial charge in [-0.2, -0.15) is 0 Å². The minimum atomic E-state index is -2.68. The van der Waals surface area contributed by atoms with E-state index in [1.54, 1.807) is 14.2 Å². The molecule has 0 heterocycles. The summed E-state index contributed by atoms with van der Waals surface area (Å²) in [4.78, 5) is 0. The van der Waals surface area contributed by atoms with Crippen molar-refractivity contribution in [1.29, 1.82) is 0 Å². The van der Waals surface area contributed by atoms with Gasteiger partial charge in [-0.15, -0.1) is 6.58 Å². The van der Waals surface area contributed by atoms with Gasteiger partial charge in [0.2, 0.25) is 0 Å². The minimum Gasteiger partial charge on any atom is -0.500 e. The Kier molecular flexibility index (Phi) is 16.6. The molecule has 0 atom stereocenters. The maximum absolute atomic E-state index is 6.34. The van der Waals surface area contributed by atoms with Crippen molar-refractivity contribution >= 4 is 8.80 Å². The van der Waals surface area contributed by atoms with E-state index in [0.717, 1.165) is 30.2 Å². The van der Waals surface area contributed by atoms with E-state index in [2.05, 4.69) is 19.6 Å². The predicted octanol–water partition coefficient (Wildman–Crippen LogP) is 8.51. The fourth-order valence-electron chi connectivity index (χ4n) is 4.05. The molecule has 0 spiro atoms. The fraction of sp³-hybridized carbons (Fsp3) is 0.704. The number of unbranched alkanes of at least 4 members (excludes halogenated alkanes) is 13. The first kappa shape index (κ1) is 27.9. The first-order chi connectivity index (χ1) is 15.2. The Labute approximate surface area is 193 Å². The third-order valence-corrected chi connectivity index (χ3v) is 8.80. The van der Waals surface area contributed by atoms with Gasteiger partial charge in [-0.25, -0.2) is 0 Å². The van der Waals surface area contributed by atoms with E-state index in [9.17, 15) is 0 Å². The monoisotopic (exact) mass is 448 g/mol. The van der Waals surface area contributed by atoms with Crippen molar-refractivity contribution in [2.75, 3.05) is 14.2 Å². The predicted molar refractivity (Wildman–Crippen MR) is 136 cm³/mol. The Bertz CT molecular complexity index is 557. The van der Waals surface area contributed by atoms with Crippen molar-refractivity contribution in [1.82, 2.24) is 0 Å². The van der Waals surface area contributed by atoms with Crippen LogP contribution >= 0.6 is 0 Å². The Morgan fingerprint density at radius 3 is 1.71 bits per heavy atom. The van der Waals surface area contributed by atoms with E-state index in [4.69, 9.17) is 13.3 Å². The van der Waals surface area contributed by atoms with Crippen LogP contribution in [0.1, 0.15) is 102 Å². The summed E-state index contributed by atoms with van der Waals surface area (Å²) in [6, 6.07) is 8.97. The summed E-state index contributed by atoms with van der Waals surface area (Å²) in [5.74, 6) is 0.864. The van der Waals surface area contributed by atoms with E-state index in [0.29, 0.717) is 0 Å². The van der Waals surface area contributed by atoms with E-state index in [-0.39, 0.29) is 0 Å². The summed E-state index contributed by atoms with van der Waals surface area (Å²) >= 11 is 0. The molecule has 31 heavy (non-hydrogen) atoms. The molecular weight excluding hydrogens is 400 g/mol. The van der Waals surface area contributed by atoms with Crippen LogP contribution < -0.4 is 4.43 Å². The maximum Gasteiger partial charge on any atom is 0.565 e. The molecule has 0 aromatic heterocycles. The Hall–Kier alpha value is -1.10. The lowest BCUT2D eigenvalue weighted by molar-refractivity contribution is 0.159. The molecule has 0 saturated heterocycles. The molecule has 178 valence electrons. The van der Waals surface area contributed by atoms with Crippen LogP contribution in [-0.2, 0) is 15.3 Å². The van der Waals surface area contributed by atoms with Crippen LogP contribution in [0.3, 0.4) is 0 Å². The summed E-state index contributed by atoms with van der Waals surface area (Å²) < 4.78 is 18.0. The highest BCUT2D eigenvalue weighted by atomic mass is 28.4. The van der Waals surface area contributed by atoms with Crippen LogP contribution in [0.5, 0.6) is 5.75 Å². The molecule has 1 aromatic rings. The lowest BCUT2D eigenvalue weighted by Gasteiger charge is -2.28. The van der Waals surface area contributed by atoms with Gasteiger partial charge >= 0.3 is 8.80 Å². The molecule has 0 unspecified atom stereocenters. The van der Waals surface area contributed by atoms with Crippen LogP contribution in [0.25, 0.3) is 0 Å². The molecular formula is C27H48O3Si. The van der Waals surface area contributed by atoms with Crippen molar-refractivity contribution in [3.05, 3.63) is 42.5 Å². The van der Waals surface area contributed by atoms with Gasteiger partial charge in [-0.05, 0) is 24.5 Å². The van der Waals surface area contributed by atoms with Crippen molar-refractivity contribution in [2.45, 2.75) is 109 Å². The van der Waals surface area contributed by atoms with Gasteiger partial charge in [0.1, 0.15) is 5.75 Å². The van der Waals surface area contributed by atoms with Crippen LogP contribution in [0.4, 0.5) is 0 Å². The summed E-state index contributed by atoms with van der Waals surface area (Å²) in [6.07, 6.45) is 21.7. The minimum absolute atomic E-state index is 0.785. The number of para-hydroxylation sites is 1. The lowest BCUT2D eigenvalue weighted by Crippen LogP contribution is -2.47. The molecule has 0 N–H and O–H groups in total. The molecule has 0 aliphatic carbocycles. The summed E-state index contributed by atoms with van der Waals surface area (Å²) in [5.41, 5.74) is 1.13.